The van der Waals surface area contributed by atoms with Crippen molar-refractivity contribution in [2.45, 2.75) is 13.2 Å². The highest BCUT2D eigenvalue weighted by molar-refractivity contribution is 7.13. The number of nitrogens with one attached hydrogen (secondary N) is 1. The van der Waals surface area contributed by atoms with Gasteiger partial charge in [0.05, 0.1) is 25.1 Å². The zero-order chi connectivity index (χ0) is 17.8. The Bertz CT molecular complexity index is 899. The predicted octanol–water partition coefficient (Wildman–Crippen LogP) is 4.61. The topological polar surface area (TPSA) is 55.7 Å². The van der Waals surface area contributed by atoms with Crippen LogP contribution in [0, 0.1) is 6.92 Å². The van der Waals surface area contributed by atoms with Gasteiger partial charge in [0, 0.05) is 10.9 Å². The Morgan fingerprint density at radius 2 is 1.88 bits per heavy atom. The molecule has 0 aliphatic carbocycles. The lowest BCUT2D eigenvalue weighted by Gasteiger charge is -2.14. The lowest BCUT2D eigenvalue weighted by atomic mass is 9.98. The summed E-state index contributed by atoms with van der Waals surface area (Å²) >= 11 is 1.54. The van der Waals surface area contributed by atoms with Crippen LogP contribution < -0.4 is 5.43 Å². The highest BCUT2D eigenvalue weighted by atomic mass is 32.1. The molecular weight excluding hydrogens is 346 g/mol. The molecule has 0 atom stereocenters. The van der Waals surface area contributed by atoms with Crippen LogP contribution >= 0.6 is 11.3 Å². The van der Waals surface area contributed by atoms with Crippen molar-refractivity contribution in [2.75, 3.05) is 18.6 Å². The van der Waals surface area contributed by atoms with Crippen LogP contribution in [0.5, 0.6) is 0 Å². The van der Waals surface area contributed by atoms with Crippen LogP contribution in [0.4, 0.5) is 5.13 Å². The predicted molar refractivity (Wildman–Crippen MR) is 105 cm³/mol. The van der Waals surface area contributed by atoms with Crippen LogP contribution in [0.3, 0.4) is 0 Å². The van der Waals surface area contributed by atoms with Crippen LogP contribution in [0.15, 0.2) is 59.0 Å². The summed E-state index contributed by atoms with van der Waals surface area (Å²) in [6.45, 7) is 3.24. The molecule has 1 N–H and O–H groups in total. The number of ether oxygens (including phenoxy) is 2. The van der Waals surface area contributed by atoms with Crippen molar-refractivity contribution in [1.29, 1.82) is 0 Å². The van der Waals surface area contributed by atoms with Crippen molar-refractivity contribution in [3.05, 3.63) is 70.7 Å². The number of thiazole rings is 1. The largest absolute Gasteiger partial charge is 0.346 e. The van der Waals surface area contributed by atoms with E-state index in [-0.39, 0.29) is 6.29 Å². The van der Waals surface area contributed by atoms with E-state index in [1.54, 1.807) is 6.21 Å². The molecule has 2 heterocycles. The normalized spacial score (nSPS) is 15.0. The van der Waals surface area contributed by atoms with Gasteiger partial charge in [0.25, 0.3) is 0 Å². The molecule has 1 fully saturated rings. The Kier molecular flexibility index (Phi) is 5.06. The lowest BCUT2D eigenvalue weighted by Crippen LogP contribution is -2.00. The highest BCUT2D eigenvalue weighted by Gasteiger charge is 2.21. The summed E-state index contributed by atoms with van der Waals surface area (Å²) in [5.74, 6) is 0. The van der Waals surface area contributed by atoms with Crippen molar-refractivity contribution < 1.29 is 9.47 Å². The molecule has 1 aliphatic heterocycles. The fourth-order valence-electron chi connectivity index (χ4n) is 2.82. The van der Waals surface area contributed by atoms with E-state index in [9.17, 15) is 0 Å². The van der Waals surface area contributed by atoms with E-state index < -0.39 is 0 Å². The van der Waals surface area contributed by atoms with Gasteiger partial charge < -0.3 is 9.47 Å². The third-order valence-electron chi connectivity index (χ3n) is 4.05. The third kappa shape index (κ3) is 3.83. The highest BCUT2D eigenvalue weighted by Crippen LogP contribution is 2.32. The molecule has 0 spiro atoms. The molecule has 1 saturated heterocycles. The van der Waals surface area contributed by atoms with Crippen molar-refractivity contribution >= 4 is 22.7 Å². The van der Waals surface area contributed by atoms with Crippen LogP contribution in [0.25, 0.3) is 11.1 Å². The molecule has 4 rings (SSSR count). The minimum atomic E-state index is -0.279. The molecule has 1 aliphatic rings. The number of nitrogens with zero attached hydrogens (tertiary/aromatic N) is 2. The van der Waals surface area contributed by atoms with Gasteiger partial charge in [0.2, 0.25) is 5.13 Å². The summed E-state index contributed by atoms with van der Waals surface area (Å²) in [7, 11) is 0. The standard InChI is InChI=1S/C20H19N3O2S/c1-14-13-26-20(22-14)23-21-12-15-6-8-16(9-7-15)17-4-2-3-5-18(17)19-24-10-11-25-19/h2-9,12-13,19H,10-11H2,1H3,(H,22,23). The first-order valence-electron chi connectivity index (χ1n) is 8.43. The average molecular weight is 365 g/mol. The lowest BCUT2D eigenvalue weighted by molar-refractivity contribution is -0.0436. The molecule has 0 amide bonds. The first-order chi connectivity index (χ1) is 12.8. The molecule has 6 heteroatoms. The van der Waals surface area contributed by atoms with Gasteiger partial charge >= 0.3 is 0 Å². The van der Waals surface area contributed by atoms with Gasteiger partial charge in [0.15, 0.2) is 6.29 Å². The third-order valence-corrected chi connectivity index (χ3v) is 4.92. The van der Waals surface area contributed by atoms with E-state index in [1.165, 1.54) is 11.3 Å². The first-order valence-corrected chi connectivity index (χ1v) is 9.31. The molecule has 5 nitrogen and oxygen atoms in total. The maximum Gasteiger partial charge on any atom is 0.203 e. The number of hydrogen-bond donors (Lipinski definition) is 1. The molecule has 1 aromatic heterocycles. The number of hydrazone groups is 1. The van der Waals surface area contributed by atoms with Crippen LogP contribution in [-0.4, -0.2) is 24.4 Å². The second-order valence-corrected chi connectivity index (χ2v) is 6.80. The van der Waals surface area contributed by atoms with Crippen LogP contribution in [0.2, 0.25) is 0 Å². The molecular formula is C20H19N3O2S. The quantitative estimate of drug-likeness (QED) is 0.530. The minimum Gasteiger partial charge on any atom is -0.346 e. The number of anilines is 1. The van der Waals surface area contributed by atoms with Crippen LogP contribution in [0.1, 0.15) is 23.1 Å². The maximum atomic E-state index is 5.67. The van der Waals surface area contributed by atoms with E-state index in [2.05, 4.69) is 39.8 Å². The second-order valence-electron chi connectivity index (χ2n) is 5.95. The van der Waals surface area contributed by atoms with Crippen LogP contribution in [-0.2, 0) is 9.47 Å². The van der Waals surface area contributed by atoms with E-state index in [0.717, 1.165) is 33.1 Å². The molecule has 26 heavy (non-hydrogen) atoms. The van der Waals surface area contributed by atoms with Gasteiger partial charge in [-0.25, -0.2) is 4.98 Å². The SMILES string of the molecule is Cc1csc(NN=Cc2ccc(-c3ccccc3C3OCCO3)cc2)n1. The Hall–Kier alpha value is -2.54. The number of aryl methyl sites for hydroxylation is 1. The zero-order valence-electron chi connectivity index (χ0n) is 14.4. The zero-order valence-corrected chi connectivity index (χ0v) is 15.2. The number of aromatic nitrogens is 1. The van der Waals surface area contributed by atoms with Gasteiger partial charge in [-0.2, -0.15) is 5.10 Å². The summed E-state index contributed by atoms with van der Waals surface area (Å²) in [5, 5.41) is 7.02. The van der Waals surface area contributed by atoms with Gasteiger partial charge in [-0.1, -0.05) is 48.5 Å². The second kappa shape index (κ2) is 7.78. The molecule has 0 radical (unpaired) electrons. The summed E-state index contributed by atoms with van der Waals surface area (Å²) in [5.41, 5.74) is 8.27. The molecule has 3 aromatic rings. The minimum absolute atomic E-state index is 0.279. The molecule has 0 saturated carbocycles. The van der Waals surface area contributed by atoms with E-state index in [1.807, 2.05) is 36.6 Å². The number of benzene rings is 2. The fourth-order valence-corrected chi connectivity index (χ4v) is 3.46. The Morgan fingerprint density at radius 1 is 1.12 bits per heavy atom. The molecule has 2 aromatic carbocycles. The van der Waals surface area contributed by atoms with Crippen molar-refractivity contribution in [3.63, 3.8) is 0 Å². The van der Waals surface area contributed by atoms with Crippen molar-refractivity contribution in [2.24, 2.45) is 5.10 Å². The van der Waals surface area contributed by atoms with Crippen molar-refractivity contribution in [3.8, 4) is 11.1 Å². The van der Waals surface area contributed by atoms with E-state index in [4.69, 9.17) is 9.47 Å². The molecule has 132 valence electrons. The monoisotopic (exact) mass is 365 g/mol. The van der Waals surface area contributed by atoms with E-state index in [0.29, 0.717) is 13.2 Å². The Morgan fingerprint density at radius 3 is 2.62 bits per heavy atom. The summed E-state index contributed by atoms with van der Waals surface area (Å²) in [6, 6.07) is 16.4. The molecule has 0 bridgehead atoms. The number of hydrogen-bond acceptors (Lipinski definition) is 6. The Labute approximate surface area is 156 Å². The van der Waals surface area contributed by atoms with Crippen molar-refractivity contribution in [1.82, 2.24) is 4.98 Å². The average Bonchev–Trinajstić information content (AvgIpc) is 3.34. The smallest absolute Gasteiger partial charge is 0.203 e. The fraction of sp³-hybridized carbons (Fsp3) is 0.200. The summed E-state index contributed by atoms with van der Waals surface area (Å²) in [6.07, 6.45) is 1.51. The van der Waals surface area contributed by atoms with E-state index >= 15 is 0 Å². The number of rotatable bonds is 5. The first kappa shape index (κ1) is 16.9. The van der Waals surface area contributed by atoms with Gasteiger partial charge in [-0.15, -0.1) is 11.3 Å². The summed E-state index contributed by atoms with van der Waals surface area (Å²) in [4.78, 5) is 4.31. The maximum absolute atomic E-state index is 5.67. The van der Waals surface area contributed by atoms with Gasteiger partial charge in [0.1, 0.15) is 0 Å². The van der Waals surface area contributed by atoms with Gasteiger partial charge in [-0.05, 0) is 23.6 Å². The molecule has 0 unspecified atom stereocenters. The van der Waals surface area contributed by atoms with Gasteiger partial charge in [-0.3, -0.25) is 5.43 Å². The summed E-state index contributed by atoms with van der Waals surface area (Å²) < 4.78 is 11.3. The Balaban J connectivity index is 1.49.